The van der Waals surface area contributed by atoms with E-state index < -0.39 is 17.2 Å². The van der Waals surface area contributed by atoms with Crippen molar-refractivity contribution in [1.82, 2.24) is 0 Å². The minimum absolute atomic E-state index is 0.115. The molecular formula is C7H13NO3S. The predicted molar refractivity (Wildman–Crippen MR) is 47.8 cm³/mol. The van der Waals surface area contributed by atoms with Crippen LogP contribution in [-0.4, -0.2) is 29.9 Å². The quantitative estimate of drug-likeness (QED) is 0.492. The predicted octanol–water partition coefficient (Wildman–Crippen LogP) is -0.231. The normalized spacial score (nSPS) is 16.0. The molecule has 2 unspecified atom stereocenters. The molecule has 0 rings (SSSR count). The van der Waals surface area contributed by atoms with Crippen LogP contribution in [0.4, 0.5) is 0 Å². The molecule has 0 aliphatic rings. The first-order valence-electron chi connectivity index (χ1n) is 3.39. The van der Waals surface area contributed by atoms with Gasteiger partial charge in [-0.25, -0.2) is 0 Å². The molecule has 0 aliphatic heterocycles. The number of hydrogen-bond acceptors (Lipinski definition) is 4. The van der Waals surface area contributed by atoms with Crippen LogP contribution in [0.3, 0.4) is 0 Å². The summed E-state index contributed by atoms with van der Waals surface area (Å²) in [7, 11) is 1.30. The molecule has 2 N–H and O–H groups in total. The van der Waals surface area contributed by atoms with Gasteiger partial charge in [0, 0.05) is 6.04 Å². The van der Waals surface area contributed by atoms with Crippen molar-refractivity contribution < 1.29 is 14.1 Å². The van der Waals surface area contributed by atoms with Crippen molar-refractivity contribution in [1.29, 1.82) is 0 Å². The standard InChI is InChI=1S/C7H13NO3S/c1-11-7(9)5-6(8)3-4-12(2)10/h3-4,6H,5,8H2,1-2H3/b4-3+. The molecule has 0 aromatic heterocycles. The number of carbonyl (C=O) groups excluding carboxylic acids is 1. The fraction of sp³-hybridized carbons (Fsp3) is 0.571. The van der Waals surface area contributed by atoms with Crippen molar-refractivity contribution in [3.8, 4) is 0 Å². The van der Waals surface area contributed by atoms with E-state index in [0.717, 1.165) is 0 Å². The van der Waals surface area contributed by atoms with Gasteiger partial charge in [0.1, 0.15) is 5.41 Å². The molecule has 0 amide bonds. The first kappa shape index (κ1) is 11.5. The first-order valence-corrected chi connectivity index (χ1v) is 5.01. The van der Waals surface area contributed by atoms with E-state index in [2.05, 4.69) is 4.74 Å². The molecule has 0 saturated carbocycles. The van der Waals surface area contributed by atoms with E-state index in [-0.39, 0.29) is 12.4 Å². The van der Waals surface area contributed by atoms with E-state index in [1.165, 1.54) is 24.8 Å². The Bertz CT molecular complexity index is 170. The van der Waals surface area contributed by atoms with Crippen molar-refractivity contribution in [3.05, 3.63) is 11.5 Å². The highest BCUT2D eigenvalue weighted by atomic mass is 32.2. The first-order chi connectivity index (χ1) is 5.56. The smallest absolute Gasteiger partial charge is 0.307 e. The molecule has 0 bridgehead atoms. The van der Waals surface area contributed by atoms with Crippen LogP contribution in [0.5, 0.6) is 0 Å². The number of methoxy groups -OCH3 is 1. The fourth-order valence-electron chi connectivity index (χ4n) is 0.555. The van der Waals surface area contributed by atoms with Gasteiger partial charge in [-0.1, -0.05) is 0 Å². The molecular weight excluding hydrogens is 178 g/mol. The van der Waals surface area contributed by atoms with Crippen LogP contribution in [0.1, 0.15) is 6.42 Å². The summed E-state index contributed by atoms with van der Waals surface area (Å²) in [5, 5.41) is 1.45. The van der Waals surface area contributed by atoms with Gasteiger partial charge in [-0.3, -0.25) is 4.79 Å². The minimum atomic E-state index is -1.02. The van der Waals surface area contributed by atoms with Gasteiger partial charge in [-0.2, -0.15) is 0 Å². The Morgan fingerprint density at radius 1 is 1.83 bits per heavy atom. The zero-order valence-corrected chi connectivity index (χ0v) is 7.97. The molecule has 4 nitrogen and oxygen atoms in total. The third-order valence-corrected chi connectivity index (χ3v) is 1.69. The van der Waals surface area contributed by atoms with Crippen LogP contribution in [0.25, 0.3) is 0 Å². The second-order valence-electron chi connectivity index (χ2n) is 2.27. The Labute approximate surface area is 74.9 Å². The third kappa shape index (κ3) is 6.21. The van der Waals surface area contributed by atoms with E-state index >= 15 is 0 Å². The Hall–Kier alpha value is -0.520. The van der Waals surface area contributed by atoms with Crippen molar-refractivity contribution >= 4 is 17.1 Å². The average Bonchev–Trinajstić information content (AvgIpc) is 2.00. The number of esters is 1. The molecule has 0 heterocycles. The van der Waals surface area contributed by atoms with Gasteiger partial charge in [-0.05, 0) is 17.3 Å². The second-order valence-corrected chi connectivity index (χ2v) is 3.54. The number of ether oxygens (including phenoxy) is 1. The highest BCUT2D eigenvalue weighted by Gasteiger charge is 2.06. The van der Waals surface area contributed by atoms with E-state index in [1.807, 2.05) is 0 Å². The molecule has 2 atom stereocenters. The number of carbonyl (C=O) groups is 1. The molecule has 0 fully saturated rings. The van der Waals surface area contributed by atoms with Gasteiger partial charge in [0.2, 0.25) is 0 Å². The Balaban J connectivity index is 3.73. The average molecular weight is 191 g/mol. The molecule has 0 aliphatic carbocycles. The SMILES string of the molecule is COC(=O)CC(N)/C=C/[S+](C)[O-]. The highest BCUT2D eigenvalue weighted by molar-refractivity contribution is 7.93. The van der Waals surface area contributed by atoms with Gasteiger partial charge in [0.25, 0.3) is 0 Å². The number of rotatable bonds is 4. The van der Waals surface area contributed by atoms with E-state index in [1.54, 1.807) is 0 Å². The summed E-state index contributed by atoms with van der Waals surface area (Å²) in [6.07, 6.45) is 3.18. The van der Waals surface area contributed by atoms with Crippen molar-refractivity contribution in [3.63, 3.8) is 0 Å². The largest absolute Gasteiger partial charge is 0.612 e. The van der Waals surface area contributed by atoms with E-state index in [0.29, 0.717) is 0 Å². The Morgan fingerprint density at radius 3 is 2.83 bits per heavy atom. The maximum absolute atomic E-state index is 10.7. The van der Waals surface area contributed by atoms with Crippen LogP contribution in [0.2, 0.25) is 0 Å². The van der Waals surface area contributed by atoms with Crippen molar-refractivity contribution in [2.24, 2.45) is 5.73 Å². The van der Waals surface area contributed by atoms with Gasteiger partial charge in [-0.15, -0.1) is 0 Å². The lowest BCUT2D eigenvalue weighted by atomic mass is 10.2. The monoisotopic (exact) mass is 191 g/mol. The highest BCUT2D eigenvalue weighted by Crippen LogP contribution is 1.95. The topological polar surface area (TPSA) is 75.4 Å². The lowest BCUT2D eigenvalue weighted by Crippen LogP contribution is -2.22. The molecule has 5 heteroatoms. The number of nitrogens with two attached hydrogens (primary N) is 1. The van der Waals surface area contributed by atoms with Crippen molar-refractivity contribution in [2.45, 2.75) is 12.5 Å². The van der Waals surface area contributed by atoms with Crippen LogP contribution >= 0.6 is 0 Å². The Kier molecular flexibility index (Phi) is 5.79. The van der Waals surface area contributed by atoms with Crippen LogP contribution in [-0.2, 0) is 20.7 Å². The molecule has 70 valence electrons. The molecule has 12 heavy (non-hydrogen) atoms. The van der Waals surface area contributed by atoms with Crippen molar-refractivity contribution in [2.75, 3.05) is 13.4 Å². The zero-order valence-electron chi connectivity index (χ0n) is 7.15. The molecule has 0 aromatic carbocycles. The molecule has 0 radical (unpaired) electrons. The van der Waals surface area contributed by atoms with Gasteiger partial charge < -0.3 is 15.0 Å². The summed E-state index contributed by atoms with van der Waals surface area (Å²) in [4.78, 5) is 10.7. The van der Waals surface area contributed by atoms with Crippen LogP contribution < -0.4 is 5.73 Å². The summed E-state index contributed by atoms with van der Waals surface area (Å²) >= 11 is -1.02. The summed E-state index contributed by atoms with van der Waals surface area (Å²) in [6.45, 7) is 0. The zero-order chi connectivity index (χ0) is 9.56. The van der Waals surface area contributed by atoms with E-state index in [4.69, 9.17) is 5.73 Å². The summed E-state index contributed by atoms with van der Waals surface area (Å²) in [5.74, 6) is -0.367. The van der Waals surface area contributed by atoms with E-state index in [9.17, 15) is 9.35 Å². The lowest BCUT2D eigenvalue weighted by molar-refractivity contribution is -0.140. The summed E-state index contributed by atoms with van der Waals surface area (Å²) < 4.78 is 15.0. The maximum Gasteiger partial charge on any atom is 0.307 e. The summed E-state index contributed by atoms with van der Waals surface area (Å²) in [6, 6.07) is -0.415. The number of hydrogen-bond donors (Lipinski definition) is 1. The molecule has 0 spiro atoms. The minimum Gasteiger partial charge on any atom is -0.612 e. The van der Waals surface area contributed by atoms with Gasteiger partial charge in [0.15, 0.2) is 0 Å². The van der Waals surface area contributed by atoms with Gasteiger partial charge in [0.05, 0.1) is 19.8 Å². The van der Waals surface area contributed by atoms with Gasteiger partial charge >= 0.3 is 5.97 Å². The molecule has 0 aromatic rings. The Morgan fingerprint density at radius 2 is 2.42 bits per heavy atom. The second kappa shape index (κ2) is 6.05. The fourth-order valence-corrected chi connectivity index (χ4v) is 0.979. The van der Waals surface area contributed by atoms with Crippen LogP contribution in [0.15, 0.2) is 11.5 Å². The molecule has 0 saturated heterocycles. The third-order valence-electron chi connectivity index (χ3n) is 1.15. The summed E-state index contributed by atoms with van der Waals surface area (Å²) in [5.41, 5.74) is 5.48. The van der Waals surface area contributed by atoms with Crippen LogP contribution in [0, 0.1) is 0 Å². The maximum atomic E-state index is 10.7. The lowest BCUT2D eigenvalue weighted by Gasteiger charge is -2.03.